The molecule has 3 atom stereocenters. The average molecular weight is 566 g/mol. The zero-order valence-corrected chi connectivity index (χ0v) is 23.2. The highest BCUT2D eigenvalue weighted by atomic mass is 33.1. The molecule has 1 fully saturated rings. The second-order valence-electron chi connectivity index (χ2n) is 11.0. The lowest BCUT2D eigenvalue weighted by Crippen LogP contribution is -2.40. The third kappa shape index (κ3) is 5.21. The van der Waals surface area contributed by atoms with Crippen LogP contribution in [0, 0.1) is 0 Å². The summed E-state index contributed by atoms with van der Waals surface area (Å²) in [6.07, 6.45) is 2.46. The van der Waals surface area contributed by atoms with Crippen LogP contribution < -0.4 is 26.4 Å². The molecule has 0 unspecified atom stereocenters. The first-order valence-electron chi connectivity index (χ1n) is 12.9. The summed E-state index contributed by atoms with van der Waals surface area (Å²) in [6.45, 7) is 2.99. The smallest absolute Gasteiger partial charge is 0.196 e. The van der Waals surface area contributed by atoms with Gasteiger partial charge in [-0.2, -0.15) is 0 Å². The van der Waals surface area contributed by atoms with E-state index in [9.17, 15) is 20.1 Å². The van der Waals surface area contributed by atoms with Crippen LogP contribution in [0.5, 0.6) is 11.5 Å². The number of hydrogen-bond donors (Lipinski definition) is 5. The predicted octanol–water partition coefficient (Wildman–Crippen LogP) is 2.51. The molecule has 1 aromatic carbocycles. The van der Waals surface area contributed by atoms with Crippen LogP contribution in [0.4, 0.5) is 0 Å². The molecule has 1 saturated carbocycles. The van der Waals surface area contributed by atoms with Gasteiger partial charge in [-0.3, -0.25) is 4.79 Å². The molecule has 2 aliphatic heterocycles. The summed E-state index contributed by atoms with van der Waals surface area (Å²) in [4.78, 5) is 17.9. The van der Waals surface area contributed by atoms with E-state index in [4.69, 9.17) is 25.4 Å². The number of aliphatic hydroxyl groups excluding tert-OH is 2. The number of nitrogens with two attached hydrogens (primary N) is 2. The highest BCUT2D eigenvalue weighted by Crippen LogP contribution is 2.50. The van der Waals surface area contributed by atoms with Crippen LogP contribution in [0.1, 0.15) is 68.9 Å². The molecule has 12 heteroatoms. The number of benzene rings is 1. The van der Waals surface area contributed by atoms with Crippen molar-refractivity contribution in [3.8, 4) is 11.5 Å². The fourth-order valence-corrected chi connectivity index (χ4v) is 7.99. The maximum Gasteiger partial charge on any atom is 0.196 e. The Labute approximate surface area is 228 Å². The van der Waals surface area contributed by atoms with Gasteiger partial charge < -0.3 is 40.7 Å². The van der Waals surface area contributed by atoms with Gasteiger partial charge in [0.05, 0.1) is 18.3 Å². The standard InChI is InChI=1S/C26H35N3O7S2/c1-25(2,33)19-7-14-21(36-19)15-10-37-38-12-26(11-30,29-24(27)28)9-17(32)18-8-16(31)20(23(15)35-18)22(14)34-13-5-3-4-6-13/h8,13,17,19,30,32-33H,3-7,9-12H2,1-2H3,(H4,27,28,29)/t17-,19+,26-/m1/s1. The van der Waals surface area contributed by atoms with Crippen LogP contribution in [0.25, 0.3) is 11.0 Å². The van der Waals surface area contributed by atoms with Crippen molar-refractivity contribution < 1.29 is 29.2 Å². The van der Waals surface area contributed by atoms with Crippen LogP contribution in [-0.4, -0.2) is 57.0 Å². The van der Waals surface area contributed by atoms with Crippen LogP contribution in [-0.2, 0) is 12.2 Å². The molecule has 3 aliphatic rings. The fourth-order valence-electron chi connectivity index (χ4n) is 5.44. The first-order chi connectivity index (χ1) is 18.0. The van der Waals surface area contributed by atoms with Crippen LogP contribution in [0.15, 0.2) is 20.3 Å². The van der Waals surface area contributed by atoms with E-state index >= 15 is 0 Å². The lowest BCUT2D eigenvalue weighted by molar-refractivity contribution is -0.0231. The first kappa shape index (κ1) is 27.4. The van der Waals surface area contributed by atoms with Gasteiger partial charge in [-0.15, -0.1) is 0 Å². The van der Waals surface area contributed by atoms with Crippen molar-refractivity contribution in [2.75, 3.05) is 12.4 Å². The summed E-state index contributed by atoms with van der Waals surface area (Å²) < 4.78 is 19.1. The van der Waals surface area contributed by atoms with E-state index in [1.807, 2.05) is 0 Å². The molecule has 0 spiro atoms. The largest absolute Gasteiger partial charge is 0.489 e. The Morgan fingerprint density at radius 3 is 2.66 bits per heavy atom. The summed E-state index contributed by atoms with van der Waals surface area (Å²) in [6, 6.07) is 1.28. The molecule has 10 nitrogen and oxygen atoms in total. The van der Waals surface area contributed by atoms with Crippen LogP contribution in [0.3, 0.4) is 0 Å². The number of aliphatic hydroxyl groups is 3. The minimum Gasteiger partial charge on any atom is -0.489 e. The number of aliphatic imine (C=N–C) groups is 1. The molecule has 2 bridgehead atoms. The number of fused-ring (bicyclic) bond motifs is 3. The molecule has 0 amide bonds. The van der Waals surface area contributed by atoms with E-state index < -0.39 is 30.0 Å². The number of hydrogen-bond acceptors (Lipinski definition) is 10. The van der Waals surface area contributed by atoms with Gasteiger partial charge >= 0.3 is 0 Å². The molecule has 7 N–H and O–H groups in total. The topological polar surface area (TPSA) is 174 Å². The molecule has 208 valence electrons. The number of ether oxygens (including phenoxy) is 2. The van der Waals surface area contributed by atoms with Crippen LogP contribution >= 0.6 is 21.6 Å². The van der Waals surface area contributed by atoms with Crippen molar-refractivity contribution in [1.29, 1.82) is 0 Å². The Balaban J connectivity index is 1.70. The van der Waals surface area contributed by atoms with E-state index in [1.165, 1.54) is 27.7 Å². The monoisotopic (exact) mass is 565 g/mol. The van der Waals surface area contributed by atoms with E-state index in [1.54, 1.807) is 13.8 Å². The van der Waals surface area contributed by atoms with Gasteiger partial charge in [0.2, 0.25) is 0 Å². The van der Waals surface area contributed by atoms with Crippen molar-refractivity contribution in [3.63, 3.8) is 0 Å². The average Bonchev–Trinajstić information content (AvgIpc) is 3.51. The van der Waals surface area contributed by atoms with E-state index in [-0.39, 0.29) is 29.7 Å². The summed E-state index contributed by atoms with van der Waals surface area (Å²) in [7, 11) is 2.92. The molecular weight excluding hydrogens is 530 g/mol. The SMILES string of the molecule is CC(C)(O)[C@@H]1Cc2c(c3c4oc(cc(=O)c4c2OC2CCCC2)[C@H](O)C[C@](CO)(N=C(N)N)CSSC3)O1. The molecule has 2 aromatic rings. The lowest BCUT2D eigenvalue weighted by atomic mass is 9.93. The van der Waals surface area contributed by atoms with Gasteiger partial charge in [0, 0.05) is 41.5 Å². The van der Waals surface area contributed by atoms with Crippen molar-refractivity contribution in [3.05, 3.63) is 33.2 Å². The second-order valence-corrected chi connectivity index (χ2v) is 13.4. The molecule has 1 aliphatic carbocycles. The Kier molecular flexibility index (Phi) is 7.55. The third-order valence-corrected chi connectivity index (χ3v) is 9.93. The molecule has 5 rings (SSSR count). The van der Waals surface area contributed by atoms with E-state index in [2.05, 4.69) is 4.99 Å². The molecular formula is C26H35N3O7S2. The first-order valence-corrected chi connectivity index (χ1v) is 15.4. The van der Waals surface area contributed by atoms with E-state index in [0.29, 0.717) is 46.0 Å². The van der Waals surface area contributed by atoms with Crippen molar-refractivity contribution in [2.45, 2.75) is 87.6 Å². The summed E-state index contributed by atoms with van der Waals surface area (Å²) >= 11 is 0. The quantitative estimate of drug-likeness (QED) is 0.205. The summed E-state index contributed by atoms with van der Waals surface area (Å²) in [5, 5.41) is 32.5. The van der Waals surface area contributed by atoms with Crippen molar-refractivity contribution in [2.24, 2.45) is 16.5 Å². The second kappa shape index (κ2) is 10.5. The van der Waals surface area contributed by atoms with Gasteiger partial charge in [-0.1, -0.05) is 21.6 Å². The summed E-state index contributed by atoms with van der Waals surface area (Å²) in [5.41, 5.74) is 10.4. The Morgan fingerprint density at radius 1 is 1.26 bits per heavy atom. The maximum absolute atomic E-state index is 13.7. The number of nitrogens with zero attached hydrogens (tertiary/aromatic N) is 1. The van der Waals surface area contributed by atoms with Crippen molar-refractivity contribution in [1.82, 2.24) is 0 Å². The predicted molar refractivity (Wildman–Crippen MR) is 149 cm³/mol. The van der Waals surface area contributed by atoms with Gasteiger partial charge in [-0.25, -0.2) is 4.99 Å². The van der Waals surface area contributed by atoms with Crippen molar-refractivity contribution >= 4 is 38.5 Å². The number of guanidine groups is 1. The minimum absolute atomic E-state index is 0.0178. The maximum atomic E-state index is 13.7. The molecule has 1 aromatic heterocycles. The van der Waals surface area contributed by atoms with E-state index in [0.717, 1.165) is 31.2 Å². The fraction of sp³-hybridized carbons (Fsp3) is 0.615. The highest BCUT2D eigenvalue weighted by molar-refractivity contribution is 8.76. The highest BCUT2D eigenvalue weighted by Gasteiger charge is 2.41. The lowest BCUT2D eigenvalue weighted by Gasteiger charge is -2.29. The normalized spacial score (nSPS) is 26.1. The molecule has 0 radical (unpaired) electrons. The van der Waals surface area contributed by atoms with Gasteiger partial charge in [0.1, 0.15) is 46.0 Å². The zero-order chi connectivity index (χ0) is 27.2. The van der Waals surface area contributed by atoms with Gasteiger partial charge in [0.15, 0.2) is 11.4 Å². The van der Waals surface area contributed by atoms with Crippen LogP contribution in [0.2, 0.25) is 0 Å². The molecule has 3 heterocycles. The zero-order valence-electron chi connectivity index (χ0n) is 21.6. The van der Waals surface area contributed by atoms with Gasteiger partial charge in [-0.05, 0) is 39.5 Å². The minimum atomic E-state index is -1.25. The molecule has 0 saturated heterocycles. The molecule has 38 heavy (non-hydrogen) atoms. The summed E-state index contributed by atoms with van der Waals surface area (Å²) in [5.74, 6) is 1.56. The Morgan fingerprint density at radius 2 is 2.00 bits per heavy atom. The third-order valence-electron chi connectivity index (χ3n) is 7.49. The number of rotatable bonds is 5. The Bertz CT molecular complexity index is 1300. The Hall–Kier alpha value is -2.12. The van der Waals surface area contributed by atoms with Gasteiger partial charge in [0.25, 0.3) is 0 Å².